The van der Waals surface area contributed by atoms with E-state index in [1.807, 2.05) is 0 Å². The van der Waals surface area contributed by atoms with Crippen molar-refractivity contribution in [3.8, 4) is 0 Å². The highest BCUT2D eigenvalue weighted by Gasteiger charge is 2.29. The molecule has 1 saturated heterocycles. The highest BCUT2D eigenvalue weighted by Crippen LogP contribution is 2.19. The Labute approximate surface area is 116 Å². The normalized spacial score (nSPS) is 20.5. The molecule has 0 bridgehead atoms. The van der Waals surface area contributed by atoms with Gasteiger partial charge in [0, 0.05) is 19.1 Å². The van der Waals surface area contributed by atoms with Crippen LogP contribution in [0.1, 0.15) is 29.8 Å². The summed E-state index contributed by atoms with van der Waals surface area (Å²) in [7, 11) is -3.24. The lowest BCUT2D eigenvalue weighted by Crippen LogP contribution is -2.49. The third kappa shape index (κ3) is 3.95. The van der Waals surface area contributed by atoms with Crippen molar-refractivity contribution < 1.29 is 13.2 Å². The molecule has 1 aromatic rings. The number of carbonyl (C=O) groups excluding carboxylic acids is 1. The first kappa shape index (κ1) is 14.4. The molecule has 9 heteroatoms. The van der Waals surface area contributed by atoms with Crippen LogP contribution in [0.4, 0.5) is 0 Å². The second-order valence-electron chi connectivity index (χ2n) is 4.56. The summed E-state index contributed by atoms with van der Waals surface area (Å²) in [6.07, 6.45) is 5.29. The third-order valence-corrected chi connectivity index (χ3v) is 4.22. The van der Waals surface area contributed by atoms with Crippen LogP contribution in [0.25, 0.3) is 0 Å². The van der Waals surface area contributed by atoms with Crippen molar-refractivity contribution in [3.05, 3.63) is 11.9 Å². The maximum Gasteiger partial charge on any atom is 0.275 e. The van der Waals surface area contributed by atoms with E-state index < -0.39 is 10.0 Å². The van der Waals surface area contributed by atoms with E-state index in [2.05, 4.69) is 13.5 Å². The molecule has 1 N–H and O–H groups in total. The first-order chi connectivity index (χ1) is 8.97. The van der Waals surface area contributed by atoms with Gasteiger partial charge >= 0.3 is 0 Å². The summed E-state index contributed by atoms with van der Waals surface area (Å²) in [5, 5.41) is 0. The zero-order valence-corrected chi connectivity index (χ0v) is 12.2. The maximum absolute atomic E-state index is 12.2. The molecule has 1 atom stereocenters. The van der Waals surface area contributed by atoms with Crippen molar-refractivity contribution in [2.75, 3.05) is 19.3 Å². The Morgan fingerprint density at radius 1 is 1.58 bits per heavy atom. The maximum atomic E-state index is 12.2. The number of hydrogen-bond acceptors (Lipinski definition) is 6. The Morgan fingerprint density at radius 3 is 3.00 bits per heavy atom. The molecule has 1 aliphatic rings. The van der Waals surface area contributed by atoms with Crippen LogP contribution >= 0.6 is 11.7 Å². The smallest absolute Gasteiger partial charge is 0.275 e. The van der Waals surface area contributed by atoms with Gasteiger partial charge in [0.25, 0.3) is 5.91 Å². The van der Waals surface area contributed by atoms with Crippen molar-refractivity contribution in [1.29, 1.82) is 0 Å². The molecule has 0 aliphatic carbocycles. The number of piperidine rings is 1. The van der Waals surface area contributed by atoms with E-state index in [-0.39, 0.29) is 18.5 Å². The molecule has 19 heavy (non-hydrogen) atoms. The minimum atomic E-state index is -3.24. The molecule has 1 amide bonds. The number of sulfonamides is 1. The van der Waals surface area contributed by atoms with Crippen molar-refractivity contribution in [2.24, 2.45) is 0 Å². The number of hydrogen-bond donors (Lipinski definition) is 1. The largest absolute Gasteiger partial charge is 0.333 e. The SMILES string of the molecule is CS(=O)(=O)NCC1CCCCN1C(=O)c1cnsn1. The van der Waals surface area contributed by atoms with Crippen molar-refractivity contribution in [2.45, 2.75) is 25.3 Å². The summed E-state index contributed by atoms with van der Waals surface area (Å²) in [5.41, 5.74) is 0.330. The molecule has 0 saturated carbocycles. The Kier molecular flexibility index (Phi) is 4.48. The van der Waals surface area contributed by atoms with Gasteiger partial charge in [-0.3, -0.25) is 4.79 Å². The van der Waals surface area contributed by atoms with E-state index in [1.54, 1.807) is 4.90 Å². The molecule has 1 aromatic heterocycles. The number of carbonyl (C=O) groups is 1. The van der Waals surface area contributed by atoms with Crippen LogP contribution in [0.3, 0.4) is 0 Å². The van der Waals surface area contributed by atoms with Crippen LogP contribution in [0, 0.1) is 0 Å². The Bertz CT molecular complexity index is 529. The van der Waals surface area contributed by atoms with Gasteiger partial charge in [0.05, 0.1) is 24.2 Å². The van der Waals surface area contributed by atoms with Crippen molar-refractivity contribution >= 4 is 27.7 Å². The van der Waals surface area contributed by atoms with Gasteiger partial charge < -0.3 is 4.90 Å². The molecular formula is C10H16N4O3S2. The molecule has 0 spiro atoms. The van der Waals surface area contributed by atoms with Crippen molar-refractivity contribution in [3.63, 3.8) is 0 Å². The predicted octanol–water partition coefficient (Wildman–Crippen LogP) is 0.0820. The van der Waals surface area contributed by atoms with E-state index in [1.165, 1.54) is 6.20 Å². The summed E-state index contributed by atoms with van der Waals surface area (Å²) >= 11 is 0.992. The molecule has 2 heterocycles. The third-order valence-electron chi connectivity index (χ3n) is 3.05. The summed E-state index contributed by atoms with van der Waals surface area (Å²) in [6, 6.07) is -0.113. The number of likely N-dealkylation sites (tertiary alicyclic amines) is 1. The first-order valence-electron chi connectivity index (χ1n) is 6.00. The van der Waals surface area contributed by atoms with Gasteiger partial charge in [-0.25, -0.2) is 13.1 Å². The Morgan fingerprint density at radius 2 is 2.37 bits per heavy atom. The number of amides is 1. The zero-order valence-electron chi connectivity index (χ0n) is 10.6. The van der Waals surface area contributed by atoms with E-state index in [4.69, 9.17) is 0 Å². The highest BCUT2D eigenvalue weighted by atomic mass is 32.2. The molecule has 1 unspecified atom stereocenters. The monoisotopic (exact) mass is 304 g/mol. The van der Waals surface area contributed by atoms with E-state index >= 15 is 0 Å². The van der Waals surface area contributed by atoms with Gasteiger partial charge in [-0.15, -0.1) is 0 Å². The van der Waals surface area contributed by atoms with E-state index in [9.17, 15) is 13.2 Å². The average molecular weight is 304 g/mol. The fraction of sp³-hybridized carbons (Fsp3) is 0.700. The summed E-state index contributed by atoms with van der Waals surface area (Å²) in [4.78, 5) is 13.9. The van der Waals surface area contributed by atoms with E-state index in [0.717, 1.165) is 37.2 Å². The van der Waals surface area contributed by atoms with Gasteiger partial charge in [-0.1, -0.05) is 0 Å². The predicted molar refractivity (Wildman–Crippen MR) is 71.4 cm³/mol. The van der Waals surface area contributed by atoms with Gasteiger partial charge in [0.2, 0.25) is 10.0 Å². The zero-order chi connectivity index (χ0) is 13.9. The van der Waals surface area contributed by atoms with Crippen molar-refractivity contribution in [1.82, 2.24) is 18.4 Å². The van der Waals surface area contributed by atoms with Gasteiger partial charge in [-0.05, 0) is 19.3 Å². The molecule has 106 valence electrons. The fourth-order valence-electron chi connectivity index (χ4n) is 2.13. The molecule has 1 fully saturated rings. The number of nitrogens with zero attached hydrogens (tertiary/aromatic N) is 3. The minimum Gasteiger partial charge on any atom is -0.333 e. The van der Waals surface area contributed by atoms with E-state index in [0.29, 0.717) is 12.2 Å². The topological polar surface area (TPSA) is 92.3 Å². The molecule has 7 nitrogen and oxygen atoms in total. The lowest BCUT2D eigenvalue weighted by Gasteiger charge is -2.35. The van der Waals surface area contributed by atoms with Crippen LogP contribution in [-0.4, -0.2) is 53.4 Å². The molecule has 1 aliphatic heterocycles. The van der Waals surface area contributed by atoms with Gasteiger partial charge in [0.15, 0.2) is 5.69 Å². The second-order valence-corrected chi connectivity index (χ2v) is 6.95. The number of nitrogens with one attached hydrogen (secondary N) is 1. The van der Waals surface area contributed by atoms with Crippen LogP contribution < -0.4 is 4.72 Å². The van der Waals surface area contributed by atoms with Gasteiger partial charge in [-0.2, -0.15) is 8.75 Å². The average Bonchev–Trinajstić information content (AvgIpc) is 2.89. The van der Waals surface area contributed by atoms with Crippen LogP contribution in [0.15, 0.2) is 6.20 Å². The number of rotatable bonds is 4. The van der Waals surface area contributed by atoms with Crippen LogP contribution in [0.2, 0.25) is 0 Å². The summed E-state index contributed by atoms with van der Waals surface area (Å²) in [5.74, 6) is -0.172. The molecule has 0 aromatic carbocycles. The molecule has 2 rings (SSSR count). The second kappa shape index (κ2) is 5.93. The Hall–Kier alpha value is -1.06. The highest BCUT2D eigenvalue weighted by molar-refractivity contribution is 7.88. The number of aromatic nitrogens is 2. The standard InChI is InChI=1S/C10H16N4O3S2/c1-19(16,17)12-6-8-4-2-3-5-14(8)10(15)9-7-11-18-13-9/h7-8,12H,2-6H2,1H3. The van der Waals surface area contributed by atoms with Crippen LogP contribution in [0.5, 0.6) is 0 Å². The Balaban J connectivity index is 2.05. The quantitative estimate of drug-likeness (QED) is 0.850. The molecular weight excluding hydrogens is 288 g/mol. The van der Waals surface area contributed by atoms with Crippen LogP contribution in [-0.2, 0) is 10.0 Å². The summed E-state index contributed by atoms with van der Waals surface area (Å²) < 4.78 is 32.5. The van der Waals surface area contributed by atoms with Gasteiger partial charge in [0.1, 0.15) is 0 Å². The molecule has 0 radical (unpaired) electrons. The first-order valence-corrected chi connectivity index (χ1v) is 8.63. The minimum absolute atomic E-state index is 0.113. The summed E-state index contributed by atoms with van der Waals surface area (Å²) in [6.45, 7) is 0.884. The lowest BCUT2D eigenvalue weighted by molar-refractivity contribution is 0.0614. The lowest BCUT2D eigenvalue weighted by atomic mass is 10.0. The fourth-order valence-corrected chi connectivity index (χ4v) is 3.04.